The summed E-state index contributed by atoms with van der Waals surface area (Å²) in [6.07, 6.45) is 2.57. The van der Waals surface area contributed by atoms with Gasteiger partial charge in [0.05, 0.1) is 17.9 Å². The first-order valence-corrected chi connectivity index (χ1v) is 10.1. The highest BCUT2D eigenvalue weighted by Gasteiger charge is 2.29. The molecule has 1 amide bonds. The van der Waals surface area contributed by atoms with E-state index in [-0.39, 0.29) is 23.9 Å². The number of thioether (sulfide) groups is 1. The molecule has 2 aromatic heterocycles. The second-order valence-corrected chi connectivity index (χ2v) is 7.55. The van der Waals surface area contributed by atoms with Crippen molar-refractivity contribution in [2.45, 2.75) is 24.0 Å². The molecule has 0 saturated heterocycles. The molecule has 0 fully saturated rings. The van der Waals surface area contributed by atoms with Crippen LogP contribution in [0.3, 0.4) is 0 Å². The number of fused-ring (bicyclic) bond motifs is 2. The molecule has 1 N–H and O–H groups in total. The van der Waals surface area contributed by atoms with E-state index in [9.17, 15) is 9.59 Å². The Balaban J connectivity index is 1.59. The maximum atomic E-state index is 13.1. The van der Waals surface area contributed by atoms with Crippen LogP contribution in [-0.4, -0.2) is 51.3 Å². The van der Waals surface area contributed by atoms with E-state index in [1.807, 2.05) is 30.3 Å². The molecule has 1 unspecified atom stereocenters. The van der Waals surface area contributed by atoms with Crippen LogP contribution < -0.4 is 10.9 Å². The molecule has 3 heterocycles. The standard InChI is InChI=1S/C19H21N5O3S/c1-27-9-5-8-20-16(25)10-14-12-28-19-22-17-15(18(26)23(14)19)11-21-24(17)13-6-3-2-4-7-13/h2-4,6-7,11,14H,5,8-10,12H2,1H3,(H,20,25). The Kier molecular flexibility index (Phi) is 5.45. The summed E-state index contributed by atoms with van der Waals surface area (Å²) in [6, 6.07) is 9.40. The second-order valence-electron chi connectivity index (χ2n) is 6.56. The van der Waals surface area contributed by atoms with E-state index in [1.54, 1.807) is 22.6 Å². The lowest BCUT2D eigenvalue weighted by atomic mass is 10.2. The number of amides is 1. The number of aromatic nitrogens is 4. The minimum Gasteiger partial charge on any atom is -0.385 e. The minimum atomic E-state index is -0.202. The van der Waals surface area contributed by atoms with Gasteiger partial charge in [-0.05, 0) is 18.6 Å². The predicted molar refractivity (Wildman–Crippen MR) is 107 cm³/mol. The van der Waals surface area contributed by atoms with Crippen molar-refractivity contribution in [1.82, 2.24) is 24.6 Å². The molecule has 1 aromatic carbocycles. The van der Waals surface area contributed by atoms with Gasteiger partial charge in [-0.25, -0.2) is 9.67 Å². The second kappa shape index (κ2) is 8.15. The number of carbonyl (C=O) groups is 1. The Morgan fingerprint density at radius 1 is 1.36 bits per heavy atom. The predicted octanol–water partition coefficient (Wildman–Crippen LogP) is 1.77. The van der Waals surface area contributed by atoms with Crippen molar-refractivity contribution in [3.05, 3.63) is 46.9 Å². The van der Waals surface area contributed by atoms with Gasteiger partial charge in [-0.15, -0.1) is 0 Å². The zero-order valence-corrected chi connectivity index (χ0v) is 16.3. The van der Waals surface area contributed by atoms with Crippen LogP contribution in [-0.2, 0) is 9.53 Å². The van der Waals surface area contributed by atoms with Crippen molar-refractivity contribution in [2.24, 2.45) is 0 Å². The Morgan fingerprint density at radius 2 is 2.18 bits per heavy atom. The summed E-state index contributed by atoms with van der Waals surface area (Å²) in [7, 11) is 1.63. The minimum absolute atomic E-state index is 0.0680. The Labute approximate surface area is 165 Å². The summed E-state index contributed by atoms with van der Waals surface area (Å²) in [4.78, 5) is 30.0. The molecule has 0 saturated carbocycles. The van der Waals surface area contributed by atoms with Crippen LogP contribution in [0.15, 0.2) is 46.5 Å². The fourth-order valence-electron chi connectivity index (χ4n) is 3.27. The summed E-state index contributed by atoms with van der Waals surface area (Å²) < 4.78 is 8.29. The van der Waals surface area contributed by atoms with Gasteiger partial charge < -0.3 is 10.1 Å². The Bertz CT molecular complexity index is 1050. The number of rotatable bonds is 7. The summed E-state index contributed by atoms with van der Waals surface area (Å²) >= 11 is 1.50. The first kappa shape index (κ1) is 18.7. The molecule has 0 radical (unpaired) electrons. The number of benzene rings is 1. The summed E-state index contributed by atoms with van der Waals surface area (Å²) in [6.45, 7) is 1.17. The monoisotopic (exact) mass is 399 g/mol. The molecule has 146 valence electrons. The average molecular weight is 399 g/mol. The lowest BCUT2D eigenvalue weighted by Gasteiger charge is -2.13. The smallest absolute Gasteiger partial charge is 0.265 e. The molecule has 0 bridgehead atoms. The normalized spacial score (nSPS) is 15.7. The number of para-hydroxylation sites is 1. The average Bonchev–Trinajstić information content (AvgIpc) is 3.31. The fourth-order valence-corrected chi connectivity index (χ4v) is 4.40. The number of nitrogens with zero attached hydrogens (tertiary/aromatic N) is 4. The largest absolute Gasteiger partial charge is 0.385 e. The van der Waals surface area contributed by atoms with Crippen LogP contribution in [0.5, 0.6) is 0 Å². The van der Waals surface area contributed by atoms with Gasteiger partial charge in [0.2, 0.25) is 5.91 Å². The van der Waals surface area contributed by atoms with Gasteiger partial charge in [-0.1, -0.05) is 30.0 Å². The maximum Gasteiger partial charge on any atom is 0.265 e. The molecule has 3 aromatic rings. The number of ether oxygens (including phenoxy) is 1. The number of methoxy groups -OCH3 is 1. The van der Waals surface area contributed by atoms with Gasteiger partial charge >= 0.3 is 0 Å². The zero-order valence-electron chi connectivity index (χ0n) is 15.5. The third kappa shape index (κ3) is 3.55. The van der Waals surface area contributed by atoms with E-state index < -0.39 is 0 Å². The summed E-state index contributed by atoms with van der Waals surface area (Å²) in [5, 5.41) is 8.32. The van der Waals surface area contributed by atoms with Gasteiger partial charge in [0, 0.05) is 32.4 Å². The van der Waals surface area contributed by atoms with E-state index in [0.29, 0.717) is 35.1 Å². The first-order chi connectivity index (χ1) is 13.7. The number of hydrogen-bond donors (Lipinski definition) is 1. The molecule has 9 heteroatoms. The van der Waals surface area contributed by atoms with E-state index >= 15 is 0 Å². The van der Waals surface area contributed by atoms with Gasteiger partial charge in [-0.3, -0.25) is 14.2 Å². The summed E-state index contributed by atoms with van der Waals surface area (Å²) in [5.41, 5.74) is 1.24. The van der Waals surface area contributed by atoms with Crippen LogP contribution in [0.25, 0.3) is 16.7 Å². The lowest BCUT2D eigenvalue weighted by molar-refractivity contribution is -0.121. The molecule has 4 rings (SSSR count). The Hall–Kier alpha value is -2.65. The highest BCUT2D eigenvalue weighted by atomic mass is 32.2. The quantitative estimate of drug-likeness (QED) is 0.481. The van der Waals surface area contributed by atoms with Crippen LogP contribution >= 0.6 is 11.8 Å². The molecular formula is C19H21N5O3S. The van der Waals surface area contributed by atoms with Crippen LogP contribution in [0.1, 0.15) is 18.9 Å². The first-order valence-electron chi connectivity index (χ1n) is 9.13. The summed E-state index contributed by atoms with van der Waals surface area (Å²) in [5.74, 6) is 0.584. The van der Waals surface area contributed by atoms with Crippen molar-refractivity contribution < 1.29 is 9.53 Å². The number of hydrogen-bond acceptors (Lipinski definition) is 6. The third-order valence-corrected chi connectivity index (χ3v) is 5.74. The van der Waals surface area contributed by atoms with Crippen molar-refractivity contribution in [1.29, 1.82) is 0 Å². The van der Waals surface area contributed by atoms with Crippen molar-refractivity contribution >= 4 is 28.7 Å². The molecular weight excluding hydrogens is 378 g/mol. The third-order valence-electron chi connectivity index (χ3n) is 4.64. The maximum absolute atomic E-state index is 13.1. The highest BCUT2D eigenvalue weighted by Crippen LogP contribution is 2.33. The van der Waals surface area contributed by atoms with Gasteiger partial charge in [0.25, 0.3) is 5.56 Å². The zero-order chi connectivity index (χ0) is 19.5. The van der Waals surface area contributed by atoms with Crippen LogP contribution in [0.2, 0.25) is 0 Å². The van der Waals surface area contributed by atoms with Crippen molar-refractivity contribution in [2.75, 3.05) is 26.0 Å². The van der Waals surface area contributed by atoms with Crippen LogP contribution in [0, 0.1) is 0 Å². The fraction of sp³-hybridized carbons (Fsp3) is 0.368. The number of carbonyl (C=O) groups excluding carboxylic acids is 1. The van der Waals surface area contributed by atoms with E-state index in [2.05, 4.69) is 15.4 Å². The molecule has 0 spiro atoms. The van der Waals surface area contributed by atoms with E-state index in [4.69, 9.17) is 4.74 Å². The van der Waals surface area contributed by atoms with Gasteiger partial charge in [-0.2, -0.15) is 5.10 Å². The van der Waals surface area contributed by atoms with Crippen molar-refractivity contribution in [3.63, 3.8) is 0 Å². The van der Waals surface area contributed by atoms with E-state index in [1.165, 1.54) is 11.8 Å². The SMILES string of the molecule is COCCCNC(=O)CC1CSc2nc3c(cnn3-c3ccccc3)c(=O)n21. The van der Waals surface area contributed by atoms with Gasteiger partial charge in [0.15, 0.2) is 10.8 Å². The Morgan fingerprint density at radius 3 is 2.96 bits per heavy atom. The molecule has 1 aliphatic rings. The number of nitrogens with one attached hydrogen (secondary N) is 1. The van der Waals surface area contributed by atoms with Gasteiger partial charge in [0.1, 0.15) is 5.39 Å². The van der Waals surface area contributed by atoms with Crippen molar-refractivity contribution in [3.8, 4) is 5.69 Å². The molecule has 28 heavy (non-hydrogen) atoms. The lowest BCUT2D eigenvalue weighted by Crippen LogP contribution is -2.31. The molecule has 8 nitrogen and oxygen atoms in total. The molecule has 0 aliphatic carbocycles. The van der Waals surface area contributed by atoms with Crippen LogP contribution in [0.4, 0.5) is 0 Å². The molecule has 1 atom stereocenters. The topological polar surface area (TPSA) is 91.0 Å². The molecule has 1 aliphatic heterocycles. The van der Waals surface area contributed by atoms with E-state index in [0.717, 1.165) is 12.1 Å². The highest BCUT2D eigenvalue weighted by molar-refractivity contribution is 7.99.